The third-order valence-electron chi connectivity index (χ3n) is 6.72. The van der Waals surface area contributed by atoms with Gasteiger partial charge in [0.2, 0.25) is 0 Å². The van der Waals surface area contributed by atoms with Gasteiger partial charge in [-0.2, -0.15) is 5.10 Å². The van der Waals surface area contributed by atoms with E-state index in [0.717, 1.165) is 19.3 Å². The topological polar surface area (TPSA) is 136 Å². The quantitative estimate of drug-likeness (QED) is 0.220. The van der Waals surface area contributed by atoms with Crippen LogP contribution in [0.25, 0.3) is 11.3 Å². The van der Waals surface area contributed by atoms with E-state index in [1.807, 2.05) is 26.0 Å². The molecule has 1 aliphatic rings. The van der Waals surface area contributed by atoms with Crippen LogP contribution in [0.5, 0.6) is 5.75 Å². The Morgan fingerprint density at radius 3 is 2.64 bits per heavy atom. The number of rotatable bonds is 10. The minimum atomic E-state index is -0.818. The highest BCUT2D eigenvalue weighted by molar-refractivity contribution is 5.89. The number of amides is 2. The molecule has 0 saturated carbocycles. The van der Waals surface area contributed by atoms with Crippen molar-refractivity contribution in [2.75, 3.05) is 6.61 Å². The van der Waals surface area contributed by atoms with E-state index in [2.05, 4.69) is 21.9 Å². The van der Waals surface area contributed by atoms with Crippen LogP contribution in [0.15, 0.2) is 58.0 Å². The van der Waals surface area contributed by atoms with E-state index in [9.17, 15) is 19.7 Å². The number of aryl methyl sites for hydroxylation is 2. The molecule has 0 saturated heterocycles. The second-order valence-electron chi connectivity index (χ2n) is 9.86. The monoisotopic (exact) mass is 532 g/mol. The summed E-state index contributed by atoms with van der Waals surface area (Å²) in [6, 6.07) is 13.2. The number of fused-ring (bicyclic) bond motifs is 1. The number of furan rings is 1. The molecule has 1 heterocycles. The van der Waals surface area contributed by atoms with Gasteiger partial charge < -0.3 is 14.5 Å². The van der Waals surface area contributed by atoms with Crippen LogP contribution < -0.4 is 15.5 Å². The molecule has 2 aromatic carbocycles. The molecule has 2 N–H and O–H groups in total. The molecule has 1 aliphatic carbocycles. The Bertz CT molecular complexity index is 1390. The van der Waals surface area contributed by atoms with Crippen LogP contribution in [0, 0.1) is 23.0 Å². The van der Waals surface area contributed by atoms with Crippen molar-refractivity contribution >= 4 is 23.7 Å². The van der Waals surface area contributed by atoms with Gasteiger partial charge in [0.1, 0.15) is 23.3 Å². The fourth-order valence-corrected chi connectivity index (χ4v) is 4.58. The SMILES string of the molecule is Cc1c(-c2ccc(/C=N\NC(=O)[C@H](NC(=O)COc3ccc4c(c3)CCCC4)C(C)C)o2)cccc1[N+](=O)[O-]. The van der Waals surface area contributed by atoms with Gasteiger partial charge in [0.05, 0.1) is 11.1 Å². The number of benzene rings is 2. The largest absolute Gasteiger partial charge is 0.484 e. The molecule has 0 spiro atoms. The van der Waals surface area contributed by atoms with Gasteiger partial charge >= 0.3 is 0 Å². The number of hydrazone groups is 1. The molecule has 1 atom stereocenters. The Hall–Kier alpha value is -4.47. The highest BCUT2D eigenvalue weighted by Crippen LogP contribution is 2.30. The van der Waals surface area contributed by atoms with Crippen LogP contribution in [0.1, 0.15) is 49.1 Å². The normalized spacial score (nSPS) is 13.6. The maximum atomic E-state index is 12.7. The Morgan fingerprint density at radius 1 is 1.13 bits per heavy atom. The Kier molecular flexibility index (Phi) is 8.75. The average Bonchev–Trinajstić information content (AvgIpc) is 3.38. The molecule has 0 unspecified atom stereocenters. The van der Waals surface area contributed by atoms with E-state index in [-0.39, 0.29) is 18.2 Å². The van der Waals surface area contributed by atoms with E-state index in [1.54, 1.807) is 31.2 Å². The first-order valence-corrected chi connectivity index (χ1v) is 12.9. The van der Waals surface area contributed by atoms with E-state index in [4.69, 9.17) is 9.15 Å². The van der Waals surface area contributed by atoms with Crippen molar-refractivity contribution in [2.24, 2.45) is 11.0 Å². The molecule has 4 rings (SSSR count). The van der Waals surface area contributed by atoms with Crippen LogP contribution in [-0.4, -0.2) is 35.6 Å². The first-order chi connectivity index (χ1) is 18.7. The summed E-state index contributed by atoms with van der Waals surface area (Å²) in [5, 5.41) is 17.9. The summed E-state index contributed by atoms with van der Waals surface area (Å²) < 4.78 is 11.4. The van der Waals surface area contributed by atoms with Crippen LogP contribution in [0.2, 0.25) is 0 Å². The smallest absolute Gasteiger partial charge is 0.273 e. The first kappa shape index (κ1) is 27.6. The van der Waals surface area contributed by atoms with Crippen LogP contribution >= 0.6 is 0 Å². The lowest BCUT2D eigenvalue weighted by Gasteiger charge is -2.21. The van der Waals surface area contributed by atoms with Gasteiger partial charge in [-0.15, -0.1) is 0 Å². The van der Waals surface area contributed by atoms with Gasteiger partial charge in [-0.3, -0.25) is 19.7 Å². The fraction of sp³-hybridized carbons (Fsp3) is 0.345. The van der Waals surface area contributed by atoms with Crippen LogP contribution in [-0.2, 0) is 22.4 Å². The summed E-state index contributed by atoms with van der Waals surface area (Å²) >= 11 is 0. The molecule has 39 heavy (non-hydrogen) atoms. The standard InChI is InChI=1S/C29H32N4O6/c1-18(2)28(31-27(34)17-38-22-12-11-20-7-4-5-8-21(20)15-22)29(35)32-30-16-23-13-14-26(39-23)24-9-6-10-25(19(24)3)33(36)37/h6,9-16,18,28H,4-5,7-8,17H2,1-3H3,(H,31,34)(H,32,35)/b30-16-/t28-/m1/s1. The van der Waals surface area contributed by atoms with Crippen LogP contribution in [0.3, 0.4) is 0 Å². The van der Waals surface area contributed by atoms with E-state index in [0.29, 0.717) is 28.4 Å². The second-order valence-corrected chi connectivity index (χ2v) is 9.86. The summed E-state index contributed by atoms with van der Waals surface area (Å²) in [6.45, 7) is 5.09. The molecule has 0 fully saturated rings. The summed E-state index contributed by atoms with van der Waals surface area (Å²) in [6.07, 6.45) is 5.77. The molecule has 3 aromatic rings. The molecule has 204 valence electrons. The molecule has 0 bridgehead atoms. The van der Waals surface area contributed by atoms with Crippen molar-refractivity contribution in [1.82, 2.24) is 10.7 Å². The molecule has 1 aromatic heterocycles. The van der Waals surface area contributed by atoms with Crippen LogP contribution in [0.4, 0.5) is 5.69 Å². The van der Waals surface area contributed by atoms with E-state index >= 15 is 0 Å². The fourth-order valence-electron chi connectivity index (χ4n) is 4.58. The number of carbonyl (C=O) groups excluding carboxylic acids is 2. The molecule has 2 amide bonds. The number of ether oxygens (including phenoxy) is 1. The van der Waals surface area contributed by atoms with Gasteiger partial charge in [-0.1, -0.05) is 32.0 Å². The van der Waals surface area contributed by atoms with Gasteiger partial charge in [0.25, 0.3) is 17.5 Å². The van der Waals surface area contributed by atoms with Crippen molar-refractivity contribution in [3.8, 4) is 17.1 Å². The Balaban J connectivity index is 1.31. The van der Waals surface area contributed by atoms with Crippen molar-refractivity contribution in [1.29, 1.82) is 0 Å². The van der Waals surface area contributed by atoms with E-state index < -0.39 is 22.8 Å². The summed E-state index contributed by atoms with van der Waals surface area (Å²) in [5.74, 6) is 0.340. The number of hydrogen-bond acceptors (Lipinski definition) is 7. The maximum absolute atomic E-state index is 12.7. The van der Waals surface area contributed by atoms with Crippen molar-refractivity contribution in [3.63, 3.8) is 0 Å². The first-order valence-electron chi connectivity index (χ1n) is 12.9. The summed E-state index contributed by atoms with van der Waals surface area (Å²) in [4.78, 5) is 36.1. The summed E-state index contributed by atoms with van der Waals surface area (Å²) in [5.41, 5.74) is 6.11. The third-order valence-corrected chi connectivity index (χ3v) is 6.72. The second kappa shape index (κ2) is 12.4. The third kappa shape index (κ3) is 6.90. The lowest BCUT2D eigenvalue weighted by atomic mass is 9.92. The molecular formula is C29H32N4O6. The Morgan fingerprint density at radius 2 is 1.90 bits per heavy atom. The van der Waals surface area contributed by atoms with E-state index in [1.165, 1.54) is 29.8 Å². The lowest BCUT2D eigenvalue weighted by Crippen LogP contribution is -2.49. The Labute approximate surface area is 226 Å². The minimum absolute atomic E-state index is 0.00115. The zero-order valence-corrected chi connectivity index (χ0v) is 22.2. The number of nitrogens with zero attached hydrogens (tertiary/aromatic N) is 2. The number of nitro groups is 1. The predicted molar refractivity (Wildman–Crippen MR) is 147 cm³/mol. The highest BCUT2D eigenvalue weighted by Gasteiger charge is 2.24. The van der Waals surface area contributed by atoms with Crippen molar-refractivity contribution in [3.05, 3.63) is 81.1 Å². The zero-order valence-electron chi connectivity index (χ0n) is 22.2. The molecular weight excluding hydrogens is 500 g/mol. The number of hydrogen-bond donors (Lipinski definition) is 2. The van der Waals surface area contributed by atoms with Crippen molar-refractivity contribution in [2.45, 2.75) is 52.5 Å². The van der Waals surface area contributed by atoms with Gasteiger partial charge in [-0.25, -0.2) is 5.43 Å². The summed E-state index contributed by atoms with van der Waals surface area (Å²) in [7, 11) is 0. The number of nitrogens with one attached hydrogen (secondary N) is 2. The molecule has 10 heteroatoms. The number of nitro benzene ring substituents is 1. The van der Waals surface area contributed by atoms with Crippen molar-refractivity contribution < 1.29 is 23.7 Å². The number of carbonyl (C=O) groups is 2. The highest BCUT2D eigenvalue weighted by atomic mass is 16.6. The van der Waals surface area contributed by atoms with Gasteiger partial charge in [0, 0.05) is 17.2 Å². The predicted octanol–water partition coefficient (Wildman–Crippen LogP) is 4.71. The maximum Gasteiger partial charge on any atom is 0.273 e. The molecule has 0 radical (unpaired) electrons. The zero-order chi connectivity index (χ0) is 27.9. The van der Waals surface area contributed by atoms with Gasteiger partial charge in [-0.05, 0) is 73.9 Å². The molecule has 10 nitrogen and oxygen atoms in total. The van der Waals surface area contributed by atoms with Gasteiger partial charge in [0.15, 0.2) is 6.61 Å². The lowest BCUT2D eigenvalue weighted by molar-refractivity contribution is -0.385. The molecule has 0 aliphatic heterocycles. The minimum Gasteiger partial charge on any atom is -0.484 e. The average molecular weight is 533 g/mol.